The number of fused-ring (bicyclic) bond motifs is 2. The number of benzene rings is 2. The van der Waals surface area contributed by atoms with Crippen molar-refractivity contribution in [1.29, 1.82) is 0 Å². The SMILES string of the molecule is CC1Oc2cc3c(c(O)c2C1(C)C)C(=O)C[C@@H](c1ccc(O)cc1)O3. The van der Waals surface area contributed by atoms with Crippen LogP contribution in [0.15, 0.2) is 30.3 Å². The lowest BCUT2D eigenvalue weighted by Gasteiger charge is -2.28. The molecule has 25 heavy (non-hydrogen) atoms. The number of Topliss-reactive ketones (excluding diaryl/α,β-unsaturated/α-hetero) is 1. The van der Waals surface area contributed by atoms with E-state index in [1.54, 1.807) is 30.3 Å². The molecular formula is C20H20O5. The molecule has 0 fully saturated rings. The lowest BCUT2D eigenvalue weighted by Crippen LogP contribution is -2.29. The van der Waals surface area contributed by atoms with E-state index in [4.69, 9.17) is 9.47 Å². The van der Waals surface area contributed by atoms with Gasteiger partial charge in [0.25, 0.3) is 0 Å². The van der Waals surface area contributed by atoms with E-state index in [0.29, 0.717) is 17.1 Å². The van der Waals surface area contributed by atoms with Crippen LogP contribution in [0.2, 0.25) is 0 Å². The lowest BCUT2D eigenvalue weighted by atomic mass is 9.79. The minimum atomic E-state index is -0.454. The lowest BCUT2D eigenvalue weighted by molar-refractivity contribution is 0.0844. The fourth-order valence-corrected chi connectivity index (χ4v) is 3.58. The summed E-state index contributed by atoms with van der Waals surface area (Å²) in [5, 5.41) is 20.2. The Morgan fingerprint density at radius 3 is 2.44 bits per heavy atom. The summed E-state index contributed by atoms with van der Waals surface area (Å²) in [5.74, 6) is 0.876. The molecule has 130 valence electrons. The molecule has 2 heterocycles. The van der Waals surface area contributed by atoms with Crippen molar-refractivity contribution >= 4 is 5.78 Å². The van der Waals surface area contributed by atoms with Gasteiger partial charge in [0.15, 0.2) is 5.78 Å². The Kier molecular flexibility index (Phi) is 3.26. The van der Waals surface area contributed by atoms with Gasteiger partial charge in [-0.05, 0) is 24.6 Å². The molecule has 5 heteroatoms. The number of phenols is 2. The van der Waals surface area contributed by atoms with Crippen molar-refractivity contribution in [2.24, 2.45) is 0 Å². The molecule has 2 atom stereocenters. The Bertz CT molecular complexity index is 867. The fraction of sp³-hybridized carbons (Fsp3) is 0.350. The van der Waals surface area contributed by atoms with E-state index in [1.165, 1.54) is 0 Å². The fourth-order valence-electron chi connectivity index (χ4n) is 3.58. The van der Waals surface area contributed by atoms with Crippen LogP contribution in [0, 0.1) is 0 Å². The number of ether oxygens (including phenoxy) is 2. The number of hydrogen-bond donors (Lipinski definition) is 2. The van der Waals surface area contributed by atoms with Crippen molar-refractivity contribution in [2.75, 3.05) is 0 Å². The number of ketones is 1. The third kappa shape index (κ3) is 2.26. The maximum atomic E-state index is 12.7. The molecule has 4 rings (SSSR count). The molecule has 5 nitrogen and oxygen atoms in total. The standard InChI is InChI=1S/C20H20O5/c1-10-20(2,3)18-16(24-10)9-15-17(19(18)23)13(22)8-14(25-15)11-4-6-12(21)7-5-11/h4-7,9-10,14,21,23H,8H2,1-3H3/t10?,14-/m0/s1. The molecular weight excluding hydrogens is 320 g/mol. The second-order valence-corrected chi connectivity index (χ2v) is 7.28. The van der Waals surface area contributed by atoms with Crippen molar-refractivity contribution in [3.63, 3.8) is 0 Å². The summed E-state index contributed by atoms with van der Waals surface area (Å²) >= 11 is 0. The van der Waals surface area contributed by atoms with Gasteiger partial charge in [0.2, 0.25) is 0 Å². The highest BCUT2D eigenvalue weighted by Crippen LogP contribution is 2.53. The highest BCUT2D eigenvalue weighted by atomic mass is 16.5. The molecule has 1 unspecified atom stereocenters. The first-order valence-electron chi connectivity index (χ1n) is 8.35. The number of hydrogen-bond acceptors (Lipinski definition) is 5. The summed E-state index contributed by atoms with van der Waals surface area (Å²) < 4.78 is 11.9. The Hall–Kier alpha value is -2.69. The van der Waals surface area contributed by atoms with Crippen LogP contribution in [0.1, 0.15) is 54.8 Å². The third-order valence-corrected chi connectivity index (χ3v) is 5.38. The van der Waals surface area contributed by atoms with Crippen LogP contribution >= 0.6 is 0 Å². The average molecular weight is 340 g/mol. The Morgan fingerprint density at radius 2 is 1.76 bits per heavy atom. The summed E-state index contributed by atoms with van der Waals surface area (Å²) in [5.41, 5.74) is 1.31. The summed E-state index contributed by atoms with van der Waals surface area (Å²) in [6.45, 7) is 5.92. The van der Waals surface area contributed by atoms with Gasteiger partial charge in [-0.2, -0.15) is 0 Å². The highest BCUT2D eigenvalue weighted by molar-refractivity contribution is 6.03. The summed E-state index contributed by atoms with van der Waals surface area (Å²) in [7, 11) is 0. The van der Waals surface area contributed by atoms with Gasteiger partial charge >= 0.3 is 0 Å². The maximum Gasteiger partial charge on any atom is 0.174 e. The monoisotopic (exact) mass is 340 g/mol. The topological polar surface area (TPSA) is 76.0 Å². The molecule has 2 aliphatic heterocycles. The summed E-state index contributed by atoms with van der Waals surface area (Å²) in [4.78, 5) is 12.7. The van der Waals surface area contributed by atoms with E-state index in [-0.39, 0.29) is 40.8 Å². The molecule has 0 aromatic heterocycles. The van der Waals surface area contributed by atoms with Crippen LogP contribution in [-0.4, -0.2) is 22.1 Å². The van der Waals surface area contributed by atoms with Gasteiger partial charge in [0.05, 0.1) is 6.42 Å². The zero-order chi connectivity index (χ0) is 17.9. The molecule has 0 saturated heterocycles. The first-order chi connectivity index (χ1) is 11.8. The van der Waals surface area contributed by atoms with Gasteiger partial charge in [-0.15, -0.1) is 0 Å². The van der Waals surface area contributed by atoms with Crippen molar-refractivity contribution in [3.8, 4) is 23.0 Å². The predicted molar refractivity (Wildman–Crippen MR) is 91.6 cm³/mol. The van der Waals surface area contributed by atoms with Crippen LogP contribution < -0.4 is 9.47 Å². The van der Waals surface area contributed by atoms with Crippen molar-refractivity contribution < 1.29 is 24.5 Å². The van der Waals surface area contributed by atoms with Crippen LogP contribution in [0.4, 0.5) is 0 Å². The van der Waals surface area contributed by atoms with Gasteiger partial charge in [0, 0.05) is 17.0 Å². The van der Waals surface area contributed by atoms with E-state index in [2.05, 4.69) is 0 Å². The Balaban J connectivity index is 1.79. The number of carbonyl (C=O) groups is 1. The molecule has 0 amide bonds. The first kappa shape index (κ1) is 15.8. The van der Waals surface area contributed by atoms with Crippen LogP contribution in [0.5, 0.6) is 23.0 Å². The van der Waals surface area contributed by atoms with Crippen molar-refractivity contribution in [3.05, 3.63) is 47.0 Å². The molecule has 0 bridgehead atoms. The zero-order valence-corrected chi connectivity index (χ0v) is 14.4. The van der Waals surface area contributed by atoms with E-state index >= 15 is 0 Å². The van der Waals surface area contributed by atoms with Crippen LogP contribution in [0.25, 0.3) is 0 Å². The zero-order valence-electron chi connectivity index (χ0n) is 14.4. The number of carbonyl (C=O) groups excluding carboxylic acids is 1. The van der Waals surface area contributed by atoms with Gasteiger partial charge in [-0.25, -0.2) is 0 Å². The van der Waals surface area contributed by atoms with Gasteiger partial charge < -0.3 is 19.7 Å². The third-order valence-electron chi connectivity index (χ3n) is 5.38. The average Bonchev–Trinajstić information content (AvgIpc) is 2.77. The first-order valence-corrected chi connectivity index (χ1v) is 8.35. The quantitative estimate of drug-likeness (QED) is 0.824. The Labute approximate surface area is 145 Å². The van der Waals surface area contributed by atoms with Crippen molar-refractivity contribution in [2.45, 2.75) is 44.8 Å². The van der Waals surface area contributed by atoms with Gasteiger partial charge in [0.1, 0.15) is 40.8 Å². The van der Waals surface area contributed by atoms with E-state index < -0.39 is 6.10 Å². The Morgan fingerprint density at radius 1 is 1.08 bits per heavy atom. The van der Waals surface area contributed by atoms with Gasteiger partial charge in [-0.3, -0.25) is 4.79 Å². The van der Waals surface area contributed by atoms with Crippen LogP contribution in [-0.2, 0) is 5.41 Å². The minimum Gasteiger partial charge on any atom is -0.508 e. The highest BCUT2D eigenvalue weighted by Gasteiger charge is 2.44. The van der Waals surface area contributed by atoms with Gasteiger partial charge in [-0.1, -0.05) is 26.0 Å². The largest absolute Gasteiger partial charge is 0.508 e. The number of rotatable bonds is 1. The number of phenolic OH excluding ortho intramolecular Hbond substituents is 2. The second kappa shape index (κ2) is 5.15. The van der Waals surface area contributed by atoms with E-state index in [0.717, 1.165) is 5.56 Å². The normalized spacial score (nSPS) is 23.4. The van der Waals surface area contributed by atoms with Crippen molar-refractivity contribution in [1.82, 2.24) is 0 Å². The molecule has 2 aromatic rings. The molecule has 0 saturated carbocycles. The van der Waals surface area contributed by atoms with Crippen LogP contribution in [0.3, 0.4) is 0 Å². The van der Waals surface area contributed by atoms with E-state index in [9.17, 15) is 15.0 Å². The molecule has 0 radical (unpaired) electrons. The molecule has 2 N–H and O–H groups in total. The predicted octanol–water partition coefficient (Wildman–Crippen LogP) is 3.86. The number of aromatic hydroxyl groups is 2. The van der Waals surface area contributed by atoms with E-state index in [1.807, 2.05) is 20.8 Å². The summed E-state index contributed by atoms with van der Waals surface area (Å²) in [6.07, 6.45) is -0.425. The maximum absolute atomic E-state index is 12.7. The second-order valence-electron chi connectivity index (χ2n) is 7.28. The smallest absolute Gasteiger partial charge is 0.174 e. The molecule has 0 aliphatic carbocycles. The minimum absolute atomic E-state index is 0.0315. The molecule has 0 spiro atoms. The molecule has 2 aromatic carbocycles. The molecule has 2 aliphatic rings. The summed E-state index contributed by atoms with van der Waals surface area (Å²) in [6, 6.07) is 8.29.